The second kappa shape index (κ2) is 5.77. The van der Waals surface area contributed by atoms with E-state index in [4.69, 9.17) is 0 Å². The molecule has 0 aromatic heterocycles. The zero-order chi connectivity index (χ0) is 12.9. The highest BCUT2D eigenvalue weighted by Gasteiger charge is 2.39. The summed E-state index contributed by atoms with van der Waals surface area (Å²) in [6, 6.07) is 2.19. The second-order valence-electron chi connectivity index (χ2n) is 4.82. The van der Waals surface area contributed by atoms with Crippen molar-refractivity contribution in [2.45, 2.75) is 50.7 Å². The summed E-state index contributed by atoms with van der Waals surface area (Å²) in [5.41, 5.74) is -0.830. The Hall–Kier alpha value is -0.690. The smallest absolute Gasteiger partial charge is 0.240 e. The standard InChI is InChI=1S/C13H22N2OS/c1-4-12(5-2,9-14)11(16)15-10-13(17-3)7-6-8-13/h4-8,10H2,1-3H3,(H,15,16). The van der Waals surface area contributed by atoms with E-state index in [0.717, 1.165) is 0 Å². The van der Waals surface area contributed by atoms with Crippen LogP contribution >= 0.6 is 11.8 Å². The van der Waals surface area contributed by atoms with Crippen LogP contribution in [0.2, 0.25) is 0 Å². The SMILES string of the molecule is CCC(C#N)(CC)C(=O)NCC1(SC)CCC1. The van der Waals surface area contributed by atoms with Gasteiger partial charge in [0.1, 0.15) is 5.41 Å². The van der Waals surface area contributed by atoms with Crippen LogP contribution < -0.4 is 5.32 Å². The minimum Gasteiger partial charge on any atom is -0.353 e. The lowest BCUT2D eigenvalue weighted by atomic mass is 9.81. The van der Waals surface area contributed by atoms with E-state index in [1.54, 1.807) is 0 Å². The molecule has 0 spiro atoms. The Balaban J connectivity index is 2.57. The predicted molar refractivity (Wildman–Crippen MR) is 71.7 cm³/mol. The van der Waals surface area contributed by atoms with Crippen molar-refractivity contribution in [2.75, 3.05) is 12.8 Å². The topological polar surface area (TPSA) is 52.9 Å². The Labute approximate surface area is 108 Å². The molecular weight excluding hydrogens is 232 g/mol. The van der Waals surface area contributed by atoms with E-state index in [0.29, 0.717) is 19.4 Å². The van der Waals surface area contributed by atoms with Gasteiger partial charge in [0.15, 0.2) is 0 Å². The highest BCUT2D eigenvalue weighted by molar-refractivity contribution is 8.00. The number of hydrogen-bond acceptors (Lipinski definition) is 3. The molecule has 0 aromatic rings. The van der Waals surface area contributed by atoms with E-state index < -0.39 is 5.41 Å². The highest BCUT2D eigenvalue weighted by atomic mass is 32.2. The third-order valence-electron chi connectivity index (χ3n) is 4.12. The van der Waals surface area contributed by atoms with Crippen molar-refractivity contribution < 1.29 is 4.79 Å². The molecule has 17 heavy (non-hydrogen) atoms. The van der Waals surface area contributed by atoms with Gasteiger partial charge < -0.3 is 5.32 Å². The molecule has 0 heterocycles. The summed E-state index contributed by atoms with van der Waals surface area (Å²) in [5.74, 6) is -0.0923. The lowest BCUT2D eigenvalue weighted by molar-refractivity contribution is -0.128. The van der Waals surface area contributed by atoms with Crippen molar-refractivity contribution in [3.63, 3.8) is 0 Å². The van der Waals surface area contributed by atoms with Gasteiger partial charge in [-0.15, -0.1) is 0 Å². The molecule has 0 unspecified atom stereocenters. The molecule has 0 saturated heterocycles. The predicted octanol–water partition coefficient (Wildman–Crippen LogP) is 2.72. The lowest BCUT2D eigenvalue weighted by Gasteiger charge is -2.41. The van der Waals surface area contributed by atoms with Crippen molar-refractivity contribution in [3.05, 3.63) is 0 Å². The number of nitrogens with one attached hydrogen (secondary N) is 1. The number of rotatable bonds is 6. The maximum Gasteiger partial charge on any atom is 0.240 e. The van der Waals surface area contributed by atoms with Gasteiger partial charge in [0.25, 0.3) is 0 Å². The number of thioether (sulfide) groups is 1. The van der Waals surface area contributed by atoms with Crippen LogP contribution in [-0.2, 0) is 4.79 Å². The van der Waals surface area contributed by atoms with E-state index >= 15 is 0 Å². The molecule has 1 rings (SSSR count). The average Bonchev–Trinajstić information content (AvgIpc) is 2.31. The van der Waals surface area contributed by atoms with Gasteiger partial charge in [0.05, 0.1) is 6.07 Å². The van der Waals surface area contributed by atoms with Gasteiger partial charge in [-0.05, 0) is 31.9 Å². The fourth-order valence-corrected chi connectivity index (χ4v) is 3.13. The van der Waals surface area contributed by atoms with Crippen LogP contribution in [0.4, 0.5) is 0 Å². The number of nitrogens with zero attached hydrogens (tertiary/aromatic N) is 1. The summed E-state index contributed by atoms with van der Waals surface area (Å²) < 4.78 is 0.234. The first-order valence-electron chi connectivity index (χ1n) is 6.33. The molecule has 3 nitrogen and oxygen atoms in total. The quantitative estimate of drug-likeness (QED) is 0.793. The van der Waals surface area contributed by atoms with Crippen LogP contribution in [0.5, 0.6) is 0 Å². The molecule has 1 aliphatic rings. The van der Waals surface area contributed by atoms with Gasteiger partial charge in [-0.25, -0.2) is 0 Å². The van der Waals surface area contributed by atoms with Gasteiger partial charge in [0, 0.05) is 11.3 Å². The Morgan fingerprint density at radius 2 is 2.06 bits per heavy atom. The maximum atomic E-state index is 12.1. The monoisotopic (exact) mass is 254 g/mol. The molecular formula is C13H22N2OS. The van der Waals surface area contributed by atoms with E-state index in [1.165, 1.54) is 19.3 Å². The van der Waals surface area contributed by atoms with Crippen LogP contribution in [0.25, 0.3) is 0 Å². The molecule has 1 saturated carbocycles. The van der Waals surface area contributed by atoms with E-state index in [1.807, 2.05) is 25.6 Å². The van der Waals surface area contributed by atoms with Gasteiger partial charge in [-0.1, -0.05) is 20.3 Å². The summed E-state index contributed by atoms with van der Waals surface area (Å²) in [6.07, 6.45) is 6.86. The largest absolute Gasteiger partial charge is 0.353 e. The number of carbonyl (C=O) groups is 1. The fraction of sp³-hybridized carbons (Fsp3) is 0.846. The Morgan fingerprint density at radius 3 is 2.35 bits per heavy atom. The summed E-state index contributed by atoms with van der Waals surface area (Å²) in [6.45, 7) is 4.51. The van der Waals surface area contributed by atoms with Crippen molar-refractivity contribution >= 4 is 17.7 Å². The highest BCUT2D eigenvalue weighted by Crippen LogP contribution is 2.42. The molecule has 0 atom stereocenters. The average molecular weight is 254 g/mol. The van der Waals surface area contributed by atoms with Crippen molar-refractivity contribution in [3.8, 4) is 6.07 Å². The van der Waals surface area contributed by atoms with E-state index in [-0.39, 0.29) is 10.7 Å². The van der Waals surface area contributed by atoms with Gasteiger partial charge >= 0.3 is 0 Å². The molecule has 1 aliphatic carbocycles. The number of amides is 1. The molecule has 0 radical (unpaired) electrons. The summed E-state index contributed by atoms with van der Waals surface area (Å²) in [7, 11) is 0. The van der Waals surface area contributed by atoms with Crippen LogP contribution in [0.1, 0.15) is 46.0 Å². The van der Waals surface area contributed by atoms with Crippen molar-refractivity contribution in [1.29, 1.82) is 5.26 Å². The minimum absolute atomic E-state index is 0.0923. The van der Waals surface area contributed by atoms with Crippen LogP contribution in [0, 0.1) is 16.7 Å². The minimum atomic E-state index is -0.830. The zero-order valence-corrected chi connectivity index (χ0v) is 11.8. The zero-order valence-electron chi connectivity index (χ0n) is 11.0. The van der Waals surface area contributed by atoms with Crippen LogP contribution in [-0.4, -0.2) is 23.5 Å². The van der Waals surface area contributed by atoms with Crippen LogP contribution in [0.15, 0.2) is 0 Å². The van der Waals surface area contributed by atoms with Crippen LogP contribution in [0.3, 0.4) is 0 Å². The third-order valence-corrected chi connectivity index (χ3v) is 5.54. The summed E-state index contributed by atoms with van der Waals surface area (Å²) >= 11 is 1.84. The number of hydrogen-bond donors (Lipinski definition) is 1. The van der Waals surface area contributed by atoms with Crippen molar-refractivity contribution in [1.82, 2.24) is 5.32 Å². The first-order valence-corrected chi connectivity index (χ1v) is 7.55. The molecule has 1 fully saturated rings. The molecule has 1 N–H and O–H groups in total. The van der Waals surface area contributed by atoms with Gasteiger partial charge in [-0.2, -0.15) is 17.0 Å². The Bertz CT molecular complexity index is 308. The second-order valence-corrected chi connectivity index (χ2v) is 6.10. The molecule has 1 amide bonds. The fourth-order valence-electron chi connectivity index (χ4n) is 2.21. The lowest BCUT2D eigenvalue weighted by Crippen LogP contribution is -2.49. The number of nitriles is 1. The maximum absolute atomic E-state index is 12.1. The van der Waals surface area contributed by atoms with Gasteiger partial charge in [0.2, 0.25) is 5.91 Å². The Kier molecular flexibility index (Phi) is 4.88. The Morgan fingerprint density at radius 1 is 1.47 bits per heavy atom. The molecule has 0 aromatic carbocycles. The normalized spacial score (nSPS) is 18.0. The van der Waals surface area contributed by atoms with E-state index in [2.05, 4.69) is 17.6 Å². The number of carbonyl (C=O) groups excluding carboxylic acids is 1. The first kappa shape index (κ1) is 14.4. The van der Waals surface area contributed by atoms with E-state index in [9.17, 15) is 10.1 Å². The molecule has 4 heteroatoms. The van der Waals surface area contributed by atoms with Gasteiger partial charge in [-0.3, -0.25) is 4.79 Å². The molecule has 96 valence electrons. The summed E-state index contributed by atoms with van der Waals surface area (Å²) in [5, 5.41) is 12.2. The first-order chi connectivity index (χ1) is 8.08. The third kappa shape index (κ3) is 2.77. The summed E-state index contributed by atoms with van der Waals surface area (Å²) in [4.78, 5) is 12.1. The van der Waals surface area contributed by atoms with Crippen molar-refractivity contribution in [2.24, 2.45) is 5.41 Å². The molecule has 0 aliphatic heterocycles. The molecule has 0 bridgehead atoms.